The van der Waals surface area contributed by atoms with E-state index in [0.717, 1.165) is 43.3 Å². The zero-order valence-electron chi connectivity index (χ0n) is 13.1. The number of amides is 1. The van der Waals surface area contributed by atoms with Gasteiger partial charge in [0.25, 0.3) is 0 Å². The molecule has 21 heavy (non-hydrogen) atoms. The molecule has 1 aliphatic heterocycles. The average Bonchev–Trinajstić information content (AvgIpc) is 2.97. The van der Waals surface area contributed by atoms with E-state index in [9.17, 15) is 4.79 Å². The van der Waals surface area contributed by atoms with Gasteiger partial charge in [-0.1, -0.05) is 12.1 Å². The van der Waals surface area contributed by atoms with E-state index in [1.165, 1.54) is 12.0 Å². The van der Waals surface area contributed by atoms with Gasteiger partial charge in [-0.05, 0) is 62.9 Å². The number of rotatable bonds is 7. The number of aryl methyl sites for hydroxylation is 1. The predicted octanol–water partition coefficient (Wildman–Crippen LogP) is 2.19. The Labute approximate surface area is 127 Å². The van der Waals surface area contributed by atoms with E-state index in [2.05, 4.69) is 23.6 Å². The van der Waals surface area contributed by atoms with E-state index in [1.54, 1.807) is 0 Å². The van der Waals surface area contributed by atoms with Crippen LogP contribution in [0.5, 0.6) is 5.75 Å². The lowest BCUT2D eigenvalue weighted by Gasteiger charge is -2.12. The monoisotopic (exact) mass is 290 g/mol. The van der Waals surface area contributed by atoms with Crippen LogP contribution < -0.4 is 15.4 Å². The summed E-state index contributed by atoms with van der Waals surface area (Å²) in [6.07, 6.45) is 2.71. The molecule has 1 heterocycles. The summed E-state index contributed by atoms with van der Waals surface area (Å²) in [6.45, 7) is 7.51. The molecular formula is C17H26N2O2. The Morgan fingerprint density at radius 1 is 1.43 bits per heavy atom. The molecule has 0 radical (unpaired) electrons. The van der Waals surface area contributed by atoms with Gasteiger partial charge >= 0.3 is 0 Å². The minimum Gasteiger partial charge on any atom is -0.493 e. The molecule has 1 unspecified atom stereocenters. The lowest BCUT2D eigenvalue weighted by Crippen LogP contribution is -2.27. The molecule has 0 spiro atoms. The van der Waals surface area contributed by atoms with Crippen molar-refractivity contribution in [2.45, 2.75) is 33.1 Å². The number of carbonyl (C=O) groups is 1. The van der Waals surface area contributed by atoms with Gasteiger partial charge in [0.15, 0.2) is 0 Å². The van der Waals surface area contributed by atoms with E-state index < -0.39 is 0 Å². The quantitative estimate of drug-likeness (QED) is 0.809. The highest BCUT2D eigenvalue weighted by Gasteiger charge is 2.14. The highest BCUT2D eigenvalue weighted by Crippen LogP contribution is 2.20. The highest BCUT2D eigenvalue weighted by molar-refractivity contribution is 5.75. The summed E-state index contributed by atoms with van der Waals surface area (Å²) in [5, 5.41) is 6.32. The van der Waals surface area contributed by atoms with Gasteiger partial charge in [-0.15, -0.1) is 0 Å². The minimum absolute atomic E-state index is 0.0752. The molecule has 2 N–H and O–H groups in total. The summed E-state index contributed by atoms with van der Waals surface area (Å²) in [5.41, 5.74) is 2.36. The van der Waals surface area contributed by atoms with Crippen molar-refractivity contribution in [1.29, 1.82) is 0 Å². The third-order valence-electron chi connectivity index (χ3n) is 4.18. The molecule has 2 rings (SSSR count). The van der Waals surface area contributed by atoms with E-state index in [4.69, 9.17) is 4.74 Å². The molecule has 0 saturated carbocycles. The van der Waals surface area contributed by atoms with Crippen LogP contribution in [0.4, 0.5) is 0 Å². The first kappa shape index (κ1) is 15.8. The van der Waals surface area contributed by atoms with Crippen molar-refractivity contribution >= 4 is 5.91 Å². The molecule has 0 aliphatic carbocycles. The number of carbonyl (C=O) groups excluding carboxylic acids is 1. The van der Waals surface area contributed by atoms with Crippen molar-refractivity contribution in [2.75, 3.05) is 26.2 Å². The molecule has 1 aromatic carbocycles. The fraction of sp³-hybridized carbons (Fsp3) is 0.588. The third-order valence-corrected chi connectivity index (χ3v) is 4.18. The van der Waals surface area contributed by atoms with Crippen molar-refractivity contribution < 1.29 is 9.53 Å². The van der Waals surface area contributed by atoms with Crippen molar-refractivity contribution in [3.05, 3.63) is 29.3 Å². The molecule has 0 bridgehead atoms. The van der Waals surface area contributed by atoms with Crippen LogP contribution in [0, 0.1) is 19.8 Å². The first-order valence-electron chi connectivity index (χ1n) is 7.83. The first-order valence-corrected chi connectivity index (χ1v) is 7.83. The maximum Gasteiger partial charge on any atom is 0.223 e. The van der Waals surface area contributed by atoms with Gasteiger partial charge < -0.3 is 15.4 Å². The summed E-state index contributed by atoms with van der Waals surface area (Å²) in [5.74, 6) is 1.67. The fourth-order valence-corrected chi connectivity index (χ4v) is 2.60. The Morgan fingerprint density at radius 2 is 2.29 bits per heavy atom. The predicted molar refractivity (Wildman–Crippen MR) is 84.6 cm³/mol. The Hall–Kier alpha value is -1.55. The van der Waals surface area contributed by atoms with Crippen LogP contribution in [-0.2, 0) is 4.79 Å². The Bertz CT molecular complexity index is 468. The summed E-state index contributed by atoms with van der Waals surface area (Å²) in [4.78, 5) is 11.8. The van der Waals surface area contributed by atoms with Crippen molar-refractivity contribution in [2.24, 2.45) is 5.92 Å². The highest BCUT2D eigenvalue weighted by atomic mass is 16.5. The van der Waals surface area contributed by atoms with Crippen LogP contribution in [-0.4, -0.2) is 32.1 Å². The van der Waals surface area contributed by atoms with Gasteiger partial charge in [-0.2, -0.15) is 0 Å². The summed E-state index contributed by atoms with van der Waals surface area (Å²) < 4.78 is 5.70. The Kier molecular flexibility index (Phi) is 6.05. The maximum atomic E-state index is 11.8. The van der Waals surface area contributed by atoms with Gasteiger partial charge in [0, 0.05) is 6.54 Å². The van der Waals surface area contributed by atoms with Crippen LogP contribution in [0.25, 0.3) is 0 Å². The second-order valence-electron chi connectivity index (χ2n) is 5.79. The maximum absolute atomic E-state index is 11.8. The molecule has 1 amide bonds. The normalized spacial score (nSPS) is 17.7. The molecule has 4 nitrogen and oxygen atoms in total. The SMILES string of the molecule is Cc1cccc(OCCC(=O)NCCC2CCNC2)c1C. The largest absolute Gasteiger partial charge is 0.493 e. The molecular weight excluding hydrogens is 264 g/mol. The zero-order valence-corrected chi connectivity index (χ0v) is 13.1. The number of nitrogens with one attached hydrogen (secondary N) is 2. The molecule has 1 atom stereocenters. The lowest BCUT2D eigenvalue weighted by molar-refractivity contribution is -0.121. The molecule has 1 aliphatic rings. The van der Waals surface area contributed by atoms with Gasteiger partial charge in [0.2, 0.25) is 5.91 Å². The third kappa shape index (κ3) is 5.05. The van der Waals surface area contributed by atoms with Gasteiger partial charge in [-0.3, -0.25) is 4.79 Å². The van der Waals surface area contributed by atoms with Gasteiger partial charge in [0.05, 0.1) is 13.0 Å². The standard InChI is InChI=1S/C17H26N2O2/c1-13-4-3-5-16(14(13)2)21-11-8-17(20)19-10-7-15-6-9-18-12-15/h3-5,15,18H,6-12H2,1-2H3,(H,19,20). The molecule has 1 fully saturated rings. The number of ether oxygens (including phenoxy) is 1. The Morgan fingerprint density at radius 3 is 3.05 bits per heavy atom. The van der Waals surface area contributed by atoms with Crippen LogP contribution >= 0.6 is 0 Å². The smallest absolute Gasteiger partial charge is 0.223 e. The first-order chi connectivity index (χ1) is 10.2. The second kappa shape index (κ2) is 8.03. The van der Waals surface area contributed by atoms with E-state index in [1.807, 2.05) is 19.1 Å². The lowest BCUT2D eigenvalue weighted by atomic mass is 10.1. The fourth-order valence-electron chi connectivity index (χ4n) is 2.60. The van der Waals surface area contributed by atoms with Crippen LogP contribution in [0.2, 0.25) is 0 Å². The Balaban J connectivity index is 1.61. The number of benzene rings is 1. The molecule has 1 saturated heterocycles. The average molecular weight is 290 g/mol. The van der Waals surface area contributed by atoms with E-state index in [0.29, 0.717) is 13.0 Å². The van der Waals surface area contributed by atoms with E-state index >= 15 is 0 Å². The zero-order chi connectivity index (χ0) is 15.1. The van der Waals surface area contributed by atoms with Crippen LogP contribution in [0.3, 0.4) is 0 Å². The summed E-state index contributed by atoms with van der Waals surface area (Å²) >= 11 is 0. The van der Waals surface area contributed by atoms with Gasteiger partial charge in [0.1, 0.15) is 5.75 Å². The summed E-state index contributed by atoms with van der Waals surface area (Å²) in [6, 6.07) is 5.99. The minimum atomic E-state index is 0.0752. The molecule has 0 aromatic heterocycles. The molecule has 1 aromatic rings. The van der Waals surface area contributed by atoms with Gasteiger partial charge in [-0.25, -0.2) is 0 Å². The number of hydrogen-bond acceptors (Lipinski definition) is 3. The van der Waals surface area contributed by atoms with Crippen molar-refractivity contribution in [3.8, 4) is 5.75 Å². The van der Waals surface area contributed by atoms with Crippen molar-refractivity contribution in [3.63, 3.8) is 0 Å². The summed E-state index contributed by atoms with van der Waals surface area (Å²) in [7, 11) is 0. The van der Waals surface area contributed by atoms with Crippen molar-refractivity contribution in [1.82, 2.24) is 10.6 Å². The topological polar surface area (TPSA) is 50.4 Å². The van der Waals surface area contributed by atoms with E-state index in [-0.39, 0.29) is 5.91 Å². The second-order valence-corrected chi connectivity index (χ2v) is 5.79. The molecule has 116 valence electrons. The molecule has 4 heteroatoms. The number of hydrogen-bond donors (Lipinski definition) is 2. The van der Waals surface area contributed by atoms with Crippen LogP contribution in [0.15, 0.2) is 18.2 Å². The van der Waals surface area contributed by atoms with Crippen LogP contribution in [0.1, 0.15) is 30.4 Å².